The lowest BCUT2D eigenvalue weighted by Gasteiger charge is -2.30. The maximum atomic E-state index is 13.3. The number of anilines is 1. The first-order chi connectivity index (χ1) is 15.4. The Morgan fingerprint density at radius 2 is 1.82 bits per heavy atom. The van der Waals surface area contributed by atoms with Gasteiger partial charge in [0, 0.05) is 18.0 Å². The van der Waals surface area contributed by atoms with Gasteiger partial charge in [0.1, 0.15) is 5.75 Å². The Labute approximate surface area is 184 Å². The van der Waals surface area contributed by atoms with Crippen LogP contribution in [0.3, 0.4) is 0 Å². The third-order valence-corrected chi connectivity index (χ3v) is 6.00. The van der Waals surface area contributed by atoms with Crippen molar-refractivity contribution in [1.82, 2.24) is 0 Å². The molecule has 2 N–H and O–H groups in total. The maximum absolute atomic E-state index is 13.3. The van der Waals surface area contributed by atoms with E-state index in [1.807, 2.05) is 0 Å². The largest absolute Gasteiger partial charge is 0.496 e. The van der Waals surface area contributed by atoms with E-state index < -0.39 is 65.3 Å². The Bertz CT molecular complexity index is 1050. The van der Waals surface area contributed by atoms with Crippen LogP contribution in [0.25, 0.3) is 0 Å². The molecular formula is C22H19F6NO4. The summed E-state index contributed by atoms with van der Waals surface area (Å²) in [6, 6.07) is 7.41. The summed E-state index contributed by atoms with van der Waals surface area (Å²) >= 11 is 0. The Kier molecular flexibility index (Phi) is 5.81. The summed E-state index contributed by atoms with van der Waals surface area (Å²) in [4.78, 5) is 13.1. The topological polar surface area (TPSA) is 67.8 Å². The Balaban J connectivity index is 1.65. The quantitative estimate of drug-likeness (QED) is 0.635. The van der Waals surface area contributed by atoms with E-state index in [4.69, 9.17) is 9.47 Å². The molecular weight excluding hydrogens is 456 g/mol. The van der Waals surface area contributed by atoms with Crippen molar-refractivity contribution in [3.8, 4) is 5.75 Å². The van der Waals surface area contributed by atoms with Gasteiger partial charge >= 0.3 is 12.4 Å². The van der Waals surface area contributed by atoms with Crippen LogP contribution in [0.1, 0.15) is 29.0 Å². The fourth-order valence-corrected chi connectivity index (χ4v) is 4.60. The molecule has 33 heavy (non-hydrogen) atoms. The van der Waals surface area contributed by atoms with Crippen molar-refractivity contribution in [1.29, 1.82) is 0 Å². The van der Waals surface area contributed by atoms with Gasteiger partial charge in [-0.1, -0.05) is 18.2 Å². The summed E-state index contributed by atoms with van der Waals surface area (Å²) in [6.45, 7) is 0. The summed E-state index contributed by atoms with van der Waals surface area (Å²) in [5, 5.41) is 12.6. The number of hydrogen-bond donors (Lipinski definition) is 2. The summed E-state index contributed by atoms with van der Waals surface area (Å²) < 4.78 is 89.9. The van der Waals surface area contributed by atoms with Gasteiger partial charge in [0.05, 0.1) is 42.5 Å². The maximum Gasteiger partial charge on any atom is 0.420 e. The number of rotatable bonds is 4. The molecule has 0 aromatic heterocycles. The summed E-state index contributed by atoms with van der Waals surface area (Å²) in [5.74, 6) is -3.04. The first-order valence-corrected chi connectivity index (χ1v) is 9.97. The predicted molar refractivity (Wildman–Crippen MR) is 104 cm³/mol. The molecule has 2 bridgehead atoms. The number of methoxy groups -OCH3 is 1. The van der Waals surface area contributed by atoms with Crippen molar-refractivity contribution < 1.29 is 45.7 Å². The SMILES string of the molecule is COc1ccc(NC(=O)C2C3CC(O)C(O3)C2c2cccc(C(F)(F)F)c2)cc1C(F)(F)F. The second-order valence-electron chi connectivity index (χ2n) is 8.02. The lowest BCUT2D eigenvalue weighted by atomic mass is 9.73. The van der Waals surface area contributed by atoms with Crippen molar-refractivity contribution in [3.05, 3.63) is 59.2 Å². The number of halogens is 6. The van der Waals surface area contributed by atoms with E-state index >= 15 is 0 Å². The average Bonchev–Trinajstić information content (AvgIpc) is 3.29. The van der Waals surface area contributed by atoms with E-state index in [0.29, 0.717) is 0 Å². The third kappa shape index (κ3) is 4.39. The van der Waals surface area contributed by atoms with Crippen molar-refractivity contribution >= 4 is 11.6 Å². The minimum Gasteiger partial charge on any atom is -0.496 e. The summed E-state index contributed by atoms with van der Waals surface area (Å²) in [5.41, 5.74) is -2.00. The highest BCUT2D eigenvalue weighted by molar-refractivity contribution is 5.94. The fourth-order valence-electron chi connectivity index (χ4n) is 4.60. The number of amides is 1. The van der Waals surface area contributed by atoms with Crippen LogP contribution in [0.15, 0.2) is 42.5 Å². The molecule has 5 nitrogen and oxygen atoms in total. The zero-order valence-corrected chi connectivity index (χ0v) is 17.1. The van der Waals surface area contributed by atoms with Gasteiger partial charge in [-0.15, -0.1) is 0 Å². The molecule has 0 saturated carbocycles. The van der Waals surface area contributed by atoms with Crippen molar-refractivity contribution in [3.63, 3.8) is 0 Å². The number of nitrogens with one attached hydrogen (secondary N) is 1. The normalized spacial score (nSPS) is 27.0. The first kappa shape index (κ1) is 23.4. The first-order valence-electron chi connectivity index (χ1n) is 9.97. The van der Waals surface area contributed by atoms with Crippen LogP contribution in [0, 0.1) is 5.92 Å². The summed E-state index contributed by atoms with van der Waals surface area (Å²) in [6.07, 6.45) is -11.9. The predicted octanol–water partition coefficient (Wildman–Crippen LogP) is 4.60. The molecule has 2 aliphatic heterocycles. The van der Waals surface area contributed by atoms with Crippen LogP contribution in [0.5, 0.6) is 5.75 Å². The third-order valence-electron chi connectivity index (χ3n) is 6.00. The van der Waals surface area contributed by atoms with E-state index in [2.05, 4.69) is 5.32 Å². The second kappa shape index (κ2) is 8.21. The van der Waals surface area contributed by atoms with E-state index in [9.17, 15) is 36.2 Å². The minimum atomic E-state index is -4.73. The van der Waals surface area contributed by atoms with Crippen molar-refractivity contribution in [2.45, 2.75) is 43.0 Å². The molecule has 2 aliphatic rings. The van der Waals surface area contributed by atoms with Gasteiger partial charge in [0.25, 0.3) is 0 Å². The number of aliphatic hydroxyl groups is 1. The number of alkyl halides is 6. The van der Waals surface area contributed by atoms with Gasteiger partial charge in [0.15, 0.2) is 0 Å². The molecule has 0 spiro atoms. The highest BCUT2D eigenvalue weighted by Crippen LogP contribution is 2.50. The highest BCUT2D eigenvalue weighted by Gasteiger charge is 2.57. The number of carbonyl (C=O) groups excluding carboxylic acids is 1. The van der Waals surface area contributed by atoms with Crippen LogP contribution in [-0.4, -0.2) is 36.4 Å². The lowest BCUT2D eigenvalue weighted by molar-refractivity contribution is -0.139. The number of benzene rings is 2. The van der Waals surface area contributed by atoms with Crippen LogP contribution in [-0.2, 0) is 21.9 Å². The van der Waals surface area contributed by atoms with E-state index in [1.54, 1.807) is 0 Å². The standard InChI is InChI=1S/C22H19F6NO4/c1-32-15-6-5-12(8-13(15)22(26,27)28)29-20(31)18-16-9-14(30)19(33-16)17(18)10-3-2-4-11(7-10)21(23,24)25/h2-8,14,16-19,30H,9H2,1H3,(H,29,31). The Morgan fingerprint density at radius 1 is 1.09 bits per heavy atom. The van der Waals surface area contributed by atoms with Crippen LogP contribution in [0.2, 0.25) is 0 Å². The molecule has 2 saturated heterocycles. The molecule has 11 heteroatoms. The van der Waals surface area contributed by atoms with Crippen molar-refractivity contribution in [2.24, 2.45) is 5.92 Å². The van der Waals surface area contributed by atoms with E-state index in [-0.39, 0.29) is 17.7 Å². The van der Waals surface area contributed by atoms with Gasteiger partial charge in [-0.2, -0.15) is 26.3 Å². The van der Waals surface area contributed by atoms with Crippen LogP contribution < -0.4 is 10.1 Å². The molecule has 178 valence electrons. The van der Waals surface area contributed by atoms with E-state index in [0.717, 1.165) is 31.4 Å². The van der Waals surface area contributed by atoms with Gasteiger partial charge in [-0.3, -0.25) is 4.79 Å². The zero-order valence-electron chi connectivity index (χ0n) is 17.1. The van der Waals surface area contributed by atoms with Gasteiger partial charge in [-0.25, -0.2) is 0 Å². The lowest BCUT2D eigenvalue weighted by Crippen LogP contribution is -2.41. The monoisotopic (exact) mass is 475 g/mol. The molecule has 2 heterocycles. The fraction of sp³-hybridized carbons (Fsp3) is 0.409. The zero-order chi connectivity index (χ0) is 24.1. The molecule has 2 aromatic carbocycles. The number of carbonyl (C=O) groups is 1. The summed E-state index contributed by atoms with van der Waals surface area (Å²) in [7, 11) is 1.08. The van der Waals surface area contributed by atoms with Gasteiger partial charge in [-0.05, 0) is 29.8 Å². The molecule has 2 aromatic rings. The number of fused-ring (bicyclic) bond motifs is 2. The number of aliphatic hydroxyl groups excluding tert-OH is 1. The van der Waals surface area contributed by atoms with Crippen LogP contribution in [0.4, 0.5) is 32.0 Å². The smallest absolute Gasteiger partial charge is 0.420 e. The molecule has 0 aliphatic carbocycles. The molecule has 1 amide bonds. The number of ether oxygens (including phenoxy) is 2. The second-order valence-corrected chi connectivity index (χ2v) is 8.02. The molecule has 0 radical (unpaired) electrons. The Hall–Kier alpha value is -2.79. The Morgan fingerprint density at radius 3 is 2.45 bits per heavy atom. The number of hydrogen-bond acceptors (Lipinski definition) is 4. The van der Waals surface area contributed by atoms with Crippen LogP contribution >= 0.6 is 0 Å². The highest BCUT2D eigenvalue weighted by atomic mass is 19.4. The van der Waals surface area contributed by atoms with Gasteiger partial charge < -0.3 is 19.9 Å². The van der Waals surface area contributed by atoms with Crippen molar-refractivity contribution in [2.75, 3.05) is 12.4 Å². The average molecular weight is 475 g/mol. The van der Waals surface area contributed by atoms with Gasteiger partial charge in [0.2, 0.25) is 5.91 Å². The molecule has 5 atom stereocenters. The molecule has 5 unspecified atom stereocenters. The molecule has 4 rings (SSSR count). The van der Waals surface area contributed by atoms with E-state index in [1.165, 1.54) is 18.2 Å². The molecule has 2 fully saturated rings. The minimum absolute atomic E-state index is 0.0919.